The molecular formula is C24H35N. The van der Waals surface area contributed by atoms with Crippen LogP contribution in [0.25, 0.3) is 11.1 Å². The average Bonchev–Trinajstić information content (AvgIpc) is 2.43. The minimum atomic E-state index is 0.0454. The van der Waals surface area contributed by atoms with Gasteiger partial charge in [0.05, 0.1) is 0 Å². The molecule has 0 radical (unpaired) electrons. The summed E-state index contributed by atoms with van der Waals surface area (Å²) in [4.78, 5) is 0. The van der Waals surface area contributed by atoms with Crippen LogP contribution in [0.1, 0.15) is 79.0 Å². The van der Waals surface area contributed by atoms with Gasteiger partial charge in [0, 0.05) is 5.69 Å². The second-order valence-electron chi connectivity index (χ2n) is 10.3. The lowest BCUT2D eigenvalue weighted by Gasteiger charge is -2.38. The minimum absolute atomic E-state index is 0.0454. The highest BCUT2D eigenvalue weighted by atomic mass is 14.5. The highest BCUT2D eigenvalue weighted by Gasteiger charge is 2.33. The third kappa shape index (κ3) is 4.08. The van der Waals surface area contributed by atoms with Gasteiger partial charge in [-0.05, 0) is 56.2 Å². The SMILES string of the molecule is CC(C)(C)c1ccc(-c2cccc(N)c2)c(C(C)(C)C)c1C(C)(C)C. The summed E-state index contributed by atoms with van der Waals surface area (Å²) in [6.07, 6.45) is 0. The number of nitrogens with two attached hydrogens (primary N) is 1. The second kappa shape index (κ2) is 6.20. The Labute approximate surface area is 154 Å². The summed E-state index contributed by atoms with van der Waals surface area (Å²) in [6, 6.07) is 12.9. The van der Waals surface area contributed by atoms with E-state index in [2.05, 4.69) is 86.6 Å². The highest BCUT2D eigenvalue weighted by molar-refractivity contribution is 5.74. The maximum atomic E-state index is 6.08. The lowest BCUT2D eigenvalue weighted by Crippen LogP contribution is -2.28. The molecule has 0 aliphatic carbocycles. The van der Waals surface area contributed by atoms with Gasteiger partial charge in [0.1, 0.15) is 0 Å². The fraction of sp³-hybridized carbons (Fsp3) is 0.500. The van der Waals surface area contributed by atoms with E-state index >= 15 is 0 Å². The van der Waals surface area contributed by atoms with E-state index in [1.54, 1.807) is 0 Å². The summed E-state index contributed by atoms with van der Waals surface area (Å²) in [7, 11) is 0. The molecule has 0 spiro atoms. The van der Waals surface area contributed by atoms with Crippen molar-refractivity contribution in [1.29, 1.82) is 0 Å². The van der Waals surface area contributed by atoms with Gasteiger partial charge in [0.25, 0.3) is 0 Å². The molecule has 1 nitrogen and oxygen atoms in total. The van der Waals surface area contributed by atoms with E-state index in [-0.39, 0.29) is 16.2 Å². The molecule has 2 rings (SSSR count). The molecule has 0 unspecified atom stereocenters. The Hall–Kier alpha value is -1.76. The molecule has 0 heterocycles. The van der Waals surface area contributed by atoms with Crippen LogP contribution in [0, 0.1) is 0 Å². The number of hydrogen-bond acceptors (Lipinski definition) is 1. The Kier molecular flexibility index (Phi) is 4.85. The van der Waals surface area contributed by atoms with Crippen LogP contribution in [0.5, 0.6) is 0 Å². The lowest BCUT2D eigenvalue weighted by atomic mass is 9.66. The van der Waals surface area contributed by atoms with Gasteiger partial charge in [0.2, 0.25) is 0 Å². The molecule has 0 fully saturated rings. The molecule has 136 valence electrons. The largest absolute Gasteiger partial charge is 0.399 e. The van der Waals surface area contributed by atoms with Crippen LogP contribution in [0.4, 0.5) is 5.69 Å². The fourth-order valence-electron chi connectivity index (χ4n) is 3.73. The van der Waals surface area contributed by atoms with Crippen molar-refractivity contribution in [2.45, 2.75) is 78.6 Å². The standard InChI is InChI=1S/C24H35N/c1-22(2,3)19-14-13-18(16-11-10-12-17(25)15-16)20(23(4,5)6)21(19)24(7,8)9/h10-15H,25H2,1-9H3. The van der Waals surface area contributed by atoms with Crippen molar-refractivity contribution in [3.63, 3.8) is 0 Å². The van der Waals surface area contributed by atoms with Gasteiger partial charge >= 0.3 is 0 Å². The molecule has 0 aliphatic heterocycles. The molecule has 0 bridgehead atoms. The van der Waals surface area contributed by atoms with Crippen molar-refractivity contribution in [3.05, 3.63) is 53.1 Å². The Balaban J connectivity index is 2.97. The molecule has 0 atom stereocenters. The van der Waals surface area contributed by atoms with Crippen LogP contribution in [-0.2, 0) is 16.2 Å². The fourth-order valence-corrected chi connectivity index (χ4v) is 3.73. The first kappa shape index (κ1) is 19.6. The third-order valence-corrected chi connectivity index (χ3v) is 4.71. The van der Waals surface area contributed by atoms with Gasteiger partial charge in [-0.1, -0.05) is 86.6 Å². The van der Waals surface area contributed by atoms with Gasteiger partial charge in [-0.25, -0.2) is 0 Å². The van der Waals surface area contributed by atoms with E-state index in [0.717, 1.165) is 5.69 Å². The first-order valence-corrected chi connectivity index (χ1v) is 9.27. The molecule has 0 aliphatic rings. The molecule has 2 aromatic rings. The predicted octanol–water partition coefficient (Wildman–Crippen LogP) is 6.83. The summed E-state index contributed by atoms with van der Waals surface area (Å²) < 4.78 is 0. The van der Waals surface area contributed by atoms with E-state index in [4.69, 9.17) is 5.73 Å². The van der Waals surface area contributed by atoms with Crippen molar-refractivity contribution in [2.75, 3.05) is 5.73 Å². The zero-order valence-electron chi connectivity index (χ0n) is 17.5. The van der Waals surface area contributed by atoms with Crippen LogP contribution < -0.4 is 5.73 Å². The summed E-state index contributed by atoms with van der Waals surface area (Å²) in [5, 5.41) is 0. The molecule has 2 aromatic carbocycles. The summed E-state index contributed by atoms with van der Waals surface area (Å²) >= 11 is 0. The average molecular weight is 338 g/mol. The molecule has 0 amide bonds. The normalized spacial score (nSPS) is 13.2. The van der Waals surface area contributed by atoms with E-state index in [1.165, 1.54) is 27.8 Å². The summed E-state index contributed by atoms with van der Waals surface area (Å²) in [6.45, 7) is 20.9. The molecule has 0 saturated carbocycles. The van der Waals surface area contributed by atoms with E-state index in [0.29, 0.717) is 0 Å². The summed E-state index contributed by atoms with van der Waals surface area (Å²) in [5.74, 6) is 0. The van der Waals surface area contributed by atoms with Crippen molar-refractivity contribution in [1.82, 2.24) is 0 Å². The number of anilines is 1. The number of rotatable bonds is 1. The zero-order chi connectivity index (χ0) is 19.2. The quantitative estimate of drug-likeness (QED) is 0.567. The first-order valence-electron chi connectivity index (χ1n) is 9.27. The van der Waals surface area contributed by atoms with Crippen molar-refractivity contribution in [3.8, 4) is 11.1 Å². The predicted molar refractivity (Wildman–Crippen MR) is 112 cm³/mol. The van der Waals surface area contributed by atoms with Crippen LogP contribution >= 0.6 is 0 Å². The van der Waals surface area contributed by atoms with E-state index in [9.17, 15) is 0 Å². The Morgan fingerprint density at radius 2 is 1.20 bits per heavy atom. The topological polar surface area (TPSA) is 26.0 Å². The Bertz CT molecular complexity index is 762. The number of nitrogen functional groups attached to an aromatic ring is 1. The van der Waals surface area contributed by atoms with Crippen molar-refractivity contribution < 1.29 is 0 Å². The Morgan fingerprint density at radius 3 is 1.64 bits per heavy atom. The maximum Gasteiger partial charge on any atom is 0.0320 e. The summed E-state index contributed by atoms with van der Waals surface area (Å²) in [5.41, 5.74) is 14.0. The zero-order valence-corrected chi connectivity index (χ0v) is 17.5. The van der Waals surface area contributed by atoms with E-state index in [1.807, 2.05) is 12.1 Å². The van der Waals surface area contributed by atoms with Gasteiger partial charge < -0.3 is 5.73 Å². The van der Waals surface area contributed by atoms with Crippen molar-refractivity contribution in [2.24, 2.45) is 0 Å². The van der Waals surface area contributed by atoms with Crippen molar-refractivity contribution >= 4 is 5.69 Å². The smallest absolute Gasteiger partial charge is 0.0320 e. The molecule has 0 aromatic heterocycles. The third-order valence-electron chi connectivity index (χ3n) is 4.71. The van der Waals surface area contributed by atoms with Gasteiger partial charge in [-0.15, -0.1) is 0 Å². The monoisotopic (exact) mass is 337 g/mol. The van der Waals surface area contributed by atoms with Crippen LogP contribution in [-0.4, -0.2) is 0 Å². The van der Waals surface area contributed by atoms with Crippen LogP contribution in [0.15, 0.2) is 36.4 Å². The van der Waals surface area contributed by atoms with E-state index < -0.39 is 0 Å². The molecule has 25 heavy (non-hydrogen) atoms. The first-order chi connectivity index (χ1) is 11.2. The maximum absolute atomic E-state index is 6.08. The molecule has 0 saturated heterocycles. The minimum Gasteiger partial charge on any atom is -0.399 e. The Morgan fingerprint density at radius 1 is 0.640 bits per heavy atom. The lowest BCUT2D eigenvalue weighted by molar-refractivity contribution is 0.499. The number of benzene rings is 2. The highest BCUT2D eigenvalue weighted by Crippen LogP contribution is 2.45. The second-order valence-corrected chi connectivity index (χ2v) is 10.3. The van der Waals surface area contributed by atoms with Gasteiger partial charge in [-0.3, -0.25) is 0 Å². The van der Waals surface area contributed by atoms with Crippen LogP contribution in [0.2, 0.25) is 0 Å². The molecular weight excluding hydrogens is 302 g/mol. The molecule has 2 N–H and O–H groups in total. The van der Waals surface area contributed by atoms with Gasteiger partial charge in [0.15, 0.2) is 0 Å². The van der Waals surface area contributed by atoms with Crippen LogP contribution in [0.3, 0.4) is 0 Å². The van der Waals surface area contributed by atoms with Gasteiger partial charge in [-0.2, -0.15) is 0 Å². The number of hydrogen-bond donors (Lipinski definition) is 1. The molecule has 1 heteroatoms.